The molecule has 29 heavy (non-hydrogen) atoms. The molecule has 0 saturated heterocycles. The number of tetrazole rings is 1. The number of amides is 1. The Morgan fingerprint density at radius 3 is 2.59 bits per heavy atom. The third-order valence-corrected chi connectivity index (χ3v) is 3.81. The van der Waals surface area contributed by atoms with Crippen LogP contribution in [-0.2, 0) is 11.3 Å². The summed E-state index contributed by atoms with van der Waals surface area (Å²) in [5, 5.41) is 14.4. The van der Waals surface area contributed by atoms with Gasteiger partial charge in [0.15, 0.2) is 5.82 Å². The highest BCUT2D eigenvalue weighted by Gasteiger charge is 2.12. The van der Waals surface area contributed by atoms with Crippen LogP contribution in [0.25, 0.3) is 5.69 Å². The third kappa shape index (κ3) is 6.08. The maximum atomic E-state index is 12.4. The largest absolute Gasteiger partial charge is 0.475 e. The molecule has 0 unspecified atom stereocenters. The van der Waals surface area contributed by atoms with E-state index in [1.54, 1.807) is 16.8 Å². The molecule has 152 valence electrons. The number of benzene rings is 1. The Labute approximate surface area is 169 Å². The molecule has 3 aromatic rings. The Bertz CT molecular complexity index is 919. The summed E-state index contributed by atoms with van der Waals surface area (Å²) >= 11 is 0. The lowest BCUT2D eigenvalue weighted by Crippen LogP contribution is -2.25. The number of ether oxygens (including phenoxy) is 2. The Balaban J connectivity index is 1.51. The normalized spacial score (nSPS) is 11.3. The van der Waals surface area contributed by atoms with E-state index in [-0.39, 0.29) is 18.1 Å². The predicted octanol–water partition coefficient (Wildman–Crippen LogP) is 2.18. The van der Waals surface area contributed by atoms with Crippen molar-refractivity contribution in [2.45, 2.75) is 32.9 Å². The Morgan fingerprint density at radius 2 is 1.90 bits per heavy atom. The van der Waals surface area contributed by atoms with Crippen LogP contribution in [0.3, 0.4) is 0 Å². The fourth-order valence-corrected chi connectivity index (χ4v) is 2.44. The Morgan fingerprint density at radius 1 is 1.10 bits per heavy atom. The summed E-state index contributed by atoms with van der Waals surface area (Å²) in [5.41, 5.74) is 1.03. The minimum Gasteiger partial charge on any atom is -0.475 e. The van der Waals surface area contributed by atoms with Crippen molar-refractivity contribution in [3.05, 3.63) is 60.0 Å². The van der Waals surface area contributed by atoms with E-state index in [2.05, 4.69) is 25.8 Å². The van der Waals surface area contributed by atoms with E-state index in [0.717, 1.165) is 5.69 Å². The van der Waals surface area contributed by atoms with Crippen molar-refractivity contribution in [2.75, 3.05) is 13.2 Å². The summed E-state index contributed by atoms with van der Waals surface area (Å²) in [7, 11) is 0. The molecule has 2 aromatic heterocycles. The van der Waals surface area contributed by atoms with Crippen LogP contribution in [0, 0.1) is 0 Å². The zero-order valence-corrected chi connectivity index (χ0v) is 16.7. The first kappa shape index (κ1) is 20.4. The van der Waals surface area contributed by atoms with E-state index < -0.39 is 0 Å². The van der Waals surface area contributed by atoms with Gasteiger partial charge in [-0.15, -0.1) is 5.10 Å². The molecule has 9 nitrogen and oxygen atoms in total. The van der Waals surface area contributed by atoms with Gasteiger partial charge >= 0.3 is 0 Å². The number of carbonyl (C=O) groups excluding carboxylic acids is 1. The minimum atomic E-state index is -0.275. The van der Waals surface area contributed by atoms with E-state index in [9.17, 15) is 4.79 Å². The van der Waals surface area contributed by atoms with Gasteiger partial charge in [-0.2, -0.15) is 4.68 Å². The smallest absolute Gasteiger partial charge is 0.253 e. The number of para-hydroxylation sites is 1. The highest BCUT2D eigenvalue weighted by molar-refractivity contribution is 5.93. The molecule has 1 aromatic carbocycles. The van der Waals surface area contributed by atoms with Gasteiger partial charge in [0.25, 0.3) is 5.91 Å². The molecule has 9 heteroatoms. The molecule has 0 fully saturated rings. The van der Waals surface area contributed by atoms with E-state index in [1.807, 2.05) is 51.1 Å². The van der Waals surface area contributed by atoms with Gasteiger partial charge in [0.05, 0.1) is 30.0 Å². The molecule has 0 atom stereocenters. The summed E-state index contributed by atoms with van der Waals surface area (Å²) < 4.78 is 12.7. The van der Waals surface area contributed by atoms with Crippen molar-refractivity contribution in [3.63, 3.8) is 0 Å². The van der Waals surface area contributed by atoms with Gasteiger partial charge in [0, 0.05) is 12.3 Å². The van der Waals surface area contributed by atoms with Gasteiger partial charge in [0.1, 0.15) is 6.61 Å². The number of hydrogen-bond donors (Lipinski definition) is 1. The van der Waals surface area contributed by atoms with Crippen LogP contribution < -0.4 is 10.1 Å². The van der Waals surface area contributed by atoms with Crippen LogP contribution in [0.1, 0.15) is 37.0 Å². The summed E-state index contributed by atoms with van der Waals surface area (Å²) in [6, 6.07) is 12.8. The van der Waals surface area contributed by atoms with Crippen molar-refractivity contribution < 1.29 is 14.3 Å². The fourth-order valence-electron chi connectivity index (χ4n) is 2.44. The third-order valence-electron chi connectivity index (χ3n) is 3.81. The lowest BCUT2D eigenvalue weighted by Gasteiger charge is -2.19. The number of nitrogens with one attached hydrogen (secondary N) is 1. The van der Waals surface area contributed by atoms with Crippen LogP contribution in [0.2, 0.25) is 0 Å². The molecule has 0 bridgehead atoms. The quantitative estimate of drug-likeness (QED) is 0.582. The van der Waals surface area contributed by atoms with Crippen LogP contribution in [0.15, 0.2) is 48.7 Å². The lowest BCUT2D eigenvalue weighted by atomic mass is 10.2. The van der Waals surface area contributed by atoms with Gasteiger partial charge in [0.2, 0.25) is 5.88 Å². The second-order valence-corrected chi connectivity index (χ2v) is 7.22. The van der Waals surface area contributed by atoms with Crippen molar-refractivity contribution in [2.24, 2.45) is 0 Å². The van der Waals surface area contributed by atoms with Crippen LogP contribution >= 0.6 is 0 Å². The number of rotatable bonds is 8. The number of aromatic nitrogens is 5. The zero-order chi connectivity index (χ0) is 20.7. The minimum absolute atomic E-state index is 0.184. The molecule has 1 amide bonds. The van der Waals surface area contributed by atoms with Gasteiger partial charge in [-0.25, -0.2) is 4.98 Å². The highest BCUT2D eigenvalue weighted by Crippen LogP contribution is 2.10. The molecule has 0 aliphatic heterocycles. The summed E-state index contributed by atoms with van der Waals surface area (Å²) in [6.45, 7) is 6.98. The van der Waals surface area contributed by atoms with E-state index in [1.165, 1.54) is 6.20 Å². The maximum absolute atomic E-state index is 12.4. The molecule has 0 aliphatic carbocycles. The molecule has 2 heterocycles. The van der Waals surface area contributed by atoms with Crippen molar-refractivity contribution >= 4 is 5.91 Å². The van der Waals surface area contributed by atoms with Crippen molar-refractivity contribution in [1.82, 2.24) is 30.5 Å². The predicted molar refractivity (Wildman–Crippen MR) is 106 cm³/mol. The number of carbonyl (C=O) groups is 1. The molecular weight excluding hydrogens is 372 g/mol. The van der Waals surface area contributed by atoms with Crippen LogP contribution in [-0.4, -0.2) is 49.9 Å². The summed E-state index contributed by atoms with van der Waals surface area (Å²) in [4.78, 5) is 16.5. The van der Waals surface area contributed by atoms with E-state index in [0.29, 0.717) is 30.5 Å². The average molecular weight is 396 g/mol. The first-order valence-corrected chi connectivity index (χ1v) is 9.26. The summed E-state index contributed by atoms with van der Waals surface area (Å²) in [5.74, 6) is 0.686. The van der Waals surface area contributed by atoms with E-state index >= 15 is 0 Å². The van der Waals surface area contributed by atoms with Gasteiger partial charge in [-0.1, -0.05) is 18.2 Å². The molecule has 3 rings (SSSR count). The zero-order valence-electron chi connectivity index (χ0n) is 16.7. The Kier molecular flexibility index (Phi) is 6.50. The standard InChI is InChI=1S/C20H24N6O3/c1-20(2,3)29-12-11-28-18-10-9-15(13-21-18)19(27)22-14-17-23-24-25-26(17)16-7-5-4-6-8-16/h4-10,13H,11-12,14H2,1-3H3,(H,22,27). The molecule has 0 aliphatic rings. The highest BCUT2D eigenvalue weighted by atomic mass is 16.5. The topological polar surface area (TPSA) is 104 Å². The molecular formula is C20H24N6O3. The van der Waals surface area contributed by atoms with Gasteiger partial charge in [-0.05, 0) is 49.4 Å². The van der Waals surface area contributed by atoms with Crippen LogP contribution in [0.5, 0.6) is 5.88 Å². The second-order valence-electron chi connectivity index (χ2n) is 7.22. The maximum Gasteiger partial charge on any atom is 0.253 e. The van der Waals surface area contributed by atoms with Crippen LogP contribution in [0.4, 0.5) is 0 Å². The number of nitrogens with zero attached hydrogens (tertiary/aromatic N) is 5. The monoisotopic (exact) mass is 396 g/mol. The van der Waals surface area contributed by atoms with Gasteiger partial charge in [-0.3, -0.25) is 4.79 Å². The van der Waals surface area contributed by atoms with E-state index in [4.69, 9.17) is 9.47 Å². The first-order valence-electron chi connectivity index (χ1n) is 9.26. The lowest BCUT2D eigenvalue weighted by molar-refractivity contribution is -0.0168. The molecule has 0 spiro atoms. The van der Waals surface area contributed by atoms with Crippen molar-refractivity contribution in [1.29, 1.82) is 0 Å². The summed E-state index contributed by atoms with van der Waals surface area (Å²) in [6.07, 6.45) is 1.47. The Hall–Kier alpha value is -3.33. The molecule has 0 radical (unpaired) electrons. The fraction of sp³-hybridized carbons (Fsp3) is 0.350. The molecule has 1 N–H and O–H groups in total. The van der Waals surface area contributed by atoms with Gasteiger partial charge < -0.3 is 14.8 Å². The van der Waals surface area contributed by atoms with Crippen molar-refractivity contribution in [3.8, 4) is 11.6 Å². The SMILES string of the molecule is CC(C)(C)OCCOc1ccc(C(=O)NCc2nnnn2-c2ccccc2)cn1. The number of hydrogen-bond acceptors (Lipinski definition) is 7. The number of pyridine rings is 1. The first-order chi connectivity index (χ1) is 13.9. The molecule has 0 saturated carbocycles. The average Bonchev–Trinajstić information content (AvgIpc) is 3.18. The second kappa shape index (κ2) is 9.24.